The highest BCUT2D eigenvalue weighted by Gasteiger charge is 2.26. The first-order chi connectivity index (χ1) is 12.1. The largest absolute Gasteiger partial charge is 0.488 e. The van der Waals surface area contributed by atoms with Crippen LogP contribution in [0.3, 0.4) is 0 Å². The molecule has 140 valence electrons. The topological polar surface area (TPSA) is 73.2 Å². The summed E-state index contributed by atoms with van der Waals surface area (Å²) in [6, 6.07) is 3.68. The Kier molecular flexibility index (Phi) is 6.35. The van der Waals surface area contributed by atoms with Crippen molar-refractivity contribution >= 4 is 18.7 Å². The molecule has 0 aromatic heterocycles. The van der Waals surface area contributed by atoms with Crippen molar-refractivity contribution in [3.8, 4) is 12.3 Å². The first-order valence-electron chi connectivity index (χ1n) is 8.77. The van der Waals surface area contributed by atoms with Gasteiger partial charge < -0.3 is 19.7 Å². The fraction of sp³-hybridized carbons (Fsp3) is 0.526. The monoisotopic (exact) mass is 358 g/mol. The van der Waals surface area contributed by atoms with Gasteiger partial charge in [-0.3, -0.25) is 4.90 Å². The van der Waals surface area contributed by atoms with Gasteiger partial charge in [0.15, 0.2) is 0 Å². The van der Waals surface area contributed by atoms with Crippen LogP contribution in [-0.2, 0) is 11.3 Å². The first-order valence-corrected chi connectivity index (χ1v) is 8.77. The summed E-state index contributed by atoms with van der Waals surface area (Å²) in [5.41, 5.74) is 2.24. The number of ether oxygens (including phenoxy) is 1. The van der Waals surface area contributed by atoms with E-state index in [4.69, 9.17) is 11.2 Å². The third-order valence-corrected chi connectivity index (χ3v) is 4.37. The van der Waals surface area contributed by atoms with E-state index >= 15 is 0 Å². The molecule has 0 saturated carbocycles. The quantitative estimate of drug-likeness (QED) is 0.615. The molecule has 1 fully saturated rings. The SMILES string of the molecule is C#Cc1cc(CN2CCN(C(=O)OC(C)(C)C)CC2)cc(B(O)O)c1C. The van der Waals surface area contributed by atoms with Gasteiger partial charge in [-0.15, -0.1) is 6.42 Å². The number of hydrogen-bond acceptors (Lipinski definition) is 5. The van der Waals surface area contributed by atoms with Crippen molar-refractivity contribution < 1.29 is 19.6 Å². The Morgan fingerprint density at radius 1 is 1.27 bits per heavy atom. The summed E-state index contributed by atoms with van der Waals surface area (Å²) in [4.78, 5) is 16.0. The normalized spacial score (nSPS) is 15.5. The van der Waals surface area contributed by atoms with Gasteiger partial charge in [-0.25, -0.2) is 4.79 Å². The molecule has 2 N–H and O–H groups in total. The summed E-state index contributed by atoms with van der Waals surface area (Å²) in [7, 11) is -1.55. The van der Waals surface area contributed by atoms with Crippen LogP contribution in [0, 0.1) is 19.3 Å². The third-order valence-electron chi connectivity index (χ3n) is 4.37. The van der Waals surface area contributed by atoms with Crippen LogP contribution in [0.25, 0.3) is 0 Å². The van der Waals surface area contributed by atoms with Crippen molar-refractivity contribution in [2.45, 2.75) is 39.8 Å². The van der Waals surface area contributed by atoms with Gasteiger partial charge >= 0.3 is 13.2 Å². The van der Waals surface area contributed by atoms with Crippen molar-refractivity contribution in [1.82, 2.24) is 9.80 Å². The second-order valence-electron chi connectivity index (χ2n) is 7.62. The van der Waals surface area contributed by atoms with Crippen LogP contribution in [0.15, 0.2) is 12.1 Å². The zero-order valence-corrected chi connectivity index (χ0v) is 16.0. The van der Waals surface area contributed by atoms with Gasteiger partial charge in [0.2, 0.25) is 0 Å². The molecule has 1 amide bonds. The Bertz CT molecular complexity index is 699. The predicted molar refractivity (Wildman–Crippen MR) is 102 cm³/mol. The molecule has 1 aliphatic heterocycles. The lowest BCUT2D eigenvalue weighted by molar-refractivity contribution is 0.0139. The van der Waals surface area contributed by atoms with E-state index < -0.39 is 12.7 Å². The third kappa shape index (κ3) is 5.24. The second kappa shape index (κ2) is 8.13. The minimum absolute atomic E-state index is 0.284. The molecule has 0 spiro atoms. The maximum Gasteiger partial charge on any atom is 0.488 e. The average molecular weight is 358 g/mol. The van der Waals surface area contributed by atoms with E-state index in [1.54, 1.807) is 17.9 Å². The molecule has 0 aliphatic carbocycles. The Labute approximate surface area is 155 Å². The number of nitrogens with zero attached hydrogens (tertiary/aromatic N) is 2. The molecule has 1 aromatic carbocycles. The summed E-state index contributed by atoms with van der Waals surface area (Å²) < 4.78 is 5.41. The van der Waals surface area contributed by atoms with Crippen LogP contribution in [0.5, 0.6) is 0 Å². The minimum atomic E-state index is -1.55. The van der Waals surface area contributed by atoms with Crippen LogP contribution in [-0.4, -0.2) is 64.8 Å². The molecule has 7 heteroatoms. The smallest absolute Gasteiger partial charge is 0.444 e. The van der Waals surface area contributed by atoms with Crippen LogP contribution in [0.1, 0.15) is 37.5 Å². The van der Waals surface area contributed by atoms with Crippen molar-refractivity contribution in [2.75, 3.05) is 26.2 Å². The molecular formula is C19H27BN2O4. The molecule has 0 radical (unpaired) electrons. The molecule has 0 bridgehead atoms. The Balaban J connectivity index is 2.01. The average Bonchev–Trinajstić information content (AvgIpc) is 2.55. The fourth-order valence-electron chi connectivity index (χ4n) is 2.98. The summed E-state index contributed by atoms with van der Waals surface area (Å²) in [6.45, 7) is 10.6. The van der Waals surface area contributed by atoms with Crippen molar-refractivity contribution in [2.24, 2.45) is 0 Å². The summed E-state index contributed by atoms with van der Waals surface area (Å²) in [6.07, 6.45) is 5.25. The van der Waals surface area contributed by atoms with Gasteiger partial charge in [-0.05, 0) is 50.4 Å². The maximum atomic E-state index is 12.1. The van der Waals surface area contributed by atoms with Crippen LogP contribution in [0.2, 0.25) is 0 Å². The molecule has 1 aromatic rings. The molecule has 2 rings (SSSR count). The van der Waals surface area contributed by atoms with Crippen LogP contribution < -0.4 is 5.46 Å². The molecule has 1 aliphatic rings. The first kappa shape index (κ1) is 20.3. The highest BCUT2D eigenvalue weighted by molar-refractivity contribution is 6.59. The van der Waals surface area contributed by atoms with Crippen LogP contribution >= 0.6 is 0 Å². The summed E-state index contributed by atoms with van der Waals surface area (Å²) >= 11 is 0. The molecule has 26 heavy (non-hydrogen) atoms. The van der Waals surface area contributed by atoms with Gasteiger partial charge in [-0.1, -0.05) is 12.0 Å². The number of hydrogen-bond donors (Lipinski definition) is 2. The number of carbonyl (C=O) groups is 1. The van der Waals surface area contributed by atoms with Crippen molar-refractivity contribution in [3.63, 3.8) is 0 Å². The van der Waals surface area contributed by atoms with Gasteiger partial charge in [0.1, 0.15) is 5.60 Å². The summed E-state index contributed by atoms with van der Waals surface area (Å²) in [5.74, 6) is 2.60. The lowest BCUT2D eigenvalue weighted by atomic mass is 9.75. The number of piperazine rings is 1. The highest BCUT2D eigenvalue weighted by atomic mass is 16.6. The highest BCUT2D eigenvalue weighted by Crippen LogP contribution is 2.15. The minimum Gasteiger partial charge on any atom is -0.444 e. The van der Waals surface area contributed by atoms with Gasteiger partial charge in [0, 0.05) is 38.3 Å². The zero-order valence-electron chi connectivity index (χ0n) is 16.0. The summed E-state index contributed by atoms with van der Waals surface area (Å²) in [5, 5.41) is 19.1. The van der Waals surface area contributed by atoms with E-state index in [9.17, 15) is 14.8 Å². The van der Waals surface area contributed by atoms with Gasteiger partial charge in [0.25, 0.3) is 0 Å². The number of amides is 1. The van der Waals surface area contributed by atoms with E-state index in [0.717, 1.165) is 18.7 Å². The fourth-order valence-corrected chi connectivity index (χ4v) is 2.98. The van der Waals surface area contributed by atoms with Gasteiger partial charge in [-0.2, -0.15) is 0 Å². The van der Waals surface area contributed by atoms with E-state index in [2.05, 4.69) is 10.8 Å². The number of benzene rings is 1. The van der Waals surface area contributed by atoms with E-state index in [0.29, 0.717) is 36.2 Å². The molecule has 1 heterocycles. The van der Waals surface area contributed by atoms with E-state index in [1.165, 1.54) is 0 Å². The van der Waals surface area contributed by atoms with Crippen LogP contribution in [0.4, 0.5) is 4.79 Å². The van der Waals surface area contributed by atoms with Crippen molar-refractivity contribution in [3.05, 3.63) is 28.8 Å². The maximum absolute atomic E-state index is 12.1. The Morgan fingerprint density at radius 3 is 2.38 bits per heavy atom. The molecule has 0 unspecified atom stereocenters. The standard InChI is InChI=1S/C19H27BN2O4/c1-6-16-11-15(12-17(14(16)2)20(24)25)13-21-7-9-22(10-8-21)18(23)26-19(3,4)5/h1,11-12,24-25H,7-10,13H2,2-5H3. The molecule has 6 nitrogen and oxygen atoms in total. The number of carbonyl (C=O) groups excluding carboxylic acids is 1. The van der Waals surface area contributed by atoms with Gasteiger partial charge in [0.05, 0.1) is 0 Å². The lowest BCUT2D eigenvalue weighted by Gasteiger charge is -2.35. The number of rotatable bonds is 3. The molecular weight excluding hydrogens is 331 g/mol. The number of terminal acetylenes is 1. The molecule has 1 saturated heterocycles. The van der Waals surface area contributed by atoms with Crippen molar-refractivity contribution in [1.29, 1.82) is 0 Å². The van der Waals surface area contributed by atoms with E-state index in [1.807, 2.05) is 26.8 Å². The van der Waals surface area contributed by atoms with E-state index in [-0.39, 0.29) is 6.09 Å². The lowest BCUT2D eigenvalue weighted by Crippen LogP contribution is -2.49. The zero-order chi connectivity index (χ0) is 19.5. The predicted octanol–water partition coefficient (Wildman–Crippen LogP) is 0.709. The Morgan fingerprint density at radius 2 is 1.88 bits per heavy atom. The molecule has 0 atom stereocenters. The second-order valence-corrected chi connectivity index (χ2v) is 7.62. The Hall–Kier alpha value is -2.01.